The minimum Gasteiger partial charge on any atom is -0.497 e. The van der Waals surface area contributed by atoms with E-state index in [0.717, 1.165) is 24.7 Å². The molecule has 0 amide bonds. The van der Waals surface area contributed by atoms with E-state index in [4.69, 9.17) is 16.3 Å². The average molecular weight is 240 g/mol. The van der Waals surface area contributed by atoms with Crippen LogP contribution in [-0.2, 0) is 6.54 Å². The van der Waals surface area contributed by atoms with Gasteiger partial charge in [-0.05, 0) is 36.0 Å². The summed E-state index contributed by atoms with van der Waals surface area (Å²) in [6.45, 7) is 1.91. The fourth-order valence-electron chi connectivity index (χ4n) is 1.79. The van der Waals surface area contributed by atoms with Crippen LogP contribution >= 0.6 is 11.6 Å². The topological polar surface area (TPSA) is 21.3 Å². The van der Waals surface area contributed by atoms with Crippen molar-refractivity contribution in [3.8, 4) is 5.75 Å². The molecule has 0 heterocycles. The van der Waals surface area contributed by atoms with E-state index in [1.807, 2.05) is 12.1 Å². The predicted molar refractivity (Wildman–Crippen MR) is 67.1 cm³/mol. The van der Waals surface area contributed by atoms with Crippen molar-refractivity contribution in [1.82, 2.24) is 5.32 Å². The lowest BCUT2D eigenvalue weighted by atomic mass is 10.1. The van der Waals surface area contributed by atoms with Crippen LogP contribution in [0.25, 0.3) is 0 Å². The number of methoxy groups -OCH3 is 1. The SMILES string of the molecule is COc1cccc(CNCC2(CCl)CC2)c1. The van der Waals surface area contributed by atoms with Gasteiger partial charge in [-0.15, -0.1) is 11.6 Å². The number of alkyl halides is 1. The van der Waals surface area contributed by atoms with E-state index in [9.17, 15) is 0 Å². The number of rotatable bonds is 6. The lowest BCUT2D eigenvalue weighted by Gasteiger charge is -2.12. The van der Waals surface area contributed by atoms with E-state index < -0.39 is 0 Å². The van der Waals surface area contributed by atoms with Crippen molar-refractivity contribution in [3.05, 3.63) is 29.8 Å². The highest BCUT2D eigenvalue weighted by molar-refractivity contribution is 6.18. The molecule has 0 aromatic heterocycles. The Bertz CT molecular complexity index is 350. The van der Waals surface area contributed by atoms with Crippen LogP contribution in [0.1, 0.15) is 18.4 Å². The Morgan fingerprint density at radius 2 is 2.25 bits per heavy atom. The molecule has 0 radical (unpaired) electrons. The molecule has 3 heteroatoms. The minimum atomic E-state index is 0.389. The number of benzene rings is 1. The first kappa shape index (κ1) is 11.7. The summed E-state index contributed by atoms with van der Waals surface area (Å²) in [5, 5.41) is 3.47. The van der Waals surface area contributed by atoms with Crippen LogP contribution in [0.4, 0.5) is 0 Å². The maximum atomic E-state index is 5.93. The van der Waals surface area contributed by atoms with Crippen LogP contribution in [0.5, 0.6) is 5.75 Å². The fourth-order valence-corrected chi connectivity index (χ4v) is 2.15. The molecule has 1 aromatic rings. The zero-order valence-electron chi connectivity index (χ0n) is 9.63. The fraction of sp³-hybridized carbons (Fsp3) is 0.538. The van der Waals surface area contributed by atoms with Gasteiger partial charge in [0.2, 0.25) is 0 Å². The lowest BCUT2D eigenvalue weighted by molar-refractivity contribution is 0.414. The smallest absolute Gasteiger partial charge is 0.119 e. The quantitative estimate of drug-likeness (QED) is 0.771. The van der Waals surface area contributed by atoms with Gasteiger partial charge in [0.25, 0.3) is 0 Å². The van der Waals surface area contributed by atoms with Gasteiger partial charge >= 0.3 is 0 Å². The maximum absolute atomic E-state index is 5.93. The largest absolute Gasteiger partial charge is 0.497 e. The number of halogens is 1. The van der Waals surface area contributed by atoms with Crippen molar-refractivity contribution in [2.45, 2.75) is 19.4 Å². The zero-order valence-corrected chi connectivity index (χ0v) is 10.4. The van der Waals surface area contributed by atoms with Gasteiger partial charge in [0.1, 0.15) is 5.75 Å². The third kappa shape index (κ3) is 2.89. The molecule has 0 unspecified atom stereocenters. The van der Waals surface area contributed by atoms with Gasteiger partial charge in [0.15, 0.2) is 0 Å². The van der Waals surface area contributed by atoms with E-state index in [-0.39, 0.29) is 0 Å². The van der Waals surface area contributed by atoms with E-state index in [1.54, 1.807) is 7.11 Å². The molecule has 16 heavy (non-hydrogen) atoms. The third-order valence-electron chi connectivity index (χ3n) is 3.20. The number of hydrogen-bond acceptors (Lipinski definition) is 2. The molecule has 0 saturated heterocycles. The van der Waals surface area contributed by atoms with E-state index in [1.165, 1.54) is 18.4 Å². The summed E-state index contributed by atoms with van der Waals surface area (Å²) >= 11 is 5.93. The summed E-state index contributed by atoms with van der Waals surface area (Å²) in [4.78, 5) is 0. The highest BCUT2D eigenvalue weighted by Crippen LogP contribution is 2.45. The highest BCUT2D eigenvalue weighted by atomic mass is 35.5. The minimum absolute atomic E-state index is 0.389. The first-order chi connectivity index (χ1) is 7.78. The molecule has 0 bridgehead atoms. The summed E-state index contributed by atoms with van der Waals surface area (Å²) in [7, 11) is 1.69. The normalized spacial score (nSPS) is 17.1. The van der Waals surface area contributed by atoms with E-state index >= 15 is 0 Å². The van der Waals surface area contributed by atoms with Crippen molar-refractivity contribution in [1.29, 1.82) is 0 Å². The van der Waals surface area contributed by atoms with Crippen molar-refractivity contribution in [3.63, 3.8) is 0 Å². The van der Waals surface area contributed by atoms with Crippen LogP contribution in [-0.4, -0.2) is 19.5 Å². The number of hydrogen-bond donors (Lipinski definition) is 1. The van der Waals surface area contributed by atoms with Gasteiger partial charge in [-0.2, -0.15) is 0 Å². The van der Waals surface area contributed by atoms with Gasteiger partial charge in [-0.3, -0.25) is 0 Å². The maximum Gasteiger partial charge on any atom is 0.119 e. The summed E-state index contributed by atoms with van der Waals surface area (Å²) in [6.07, 6.45) is 2.53. The second-order valence-corrected chi connectivity index (χ2v) is 4.86. The van der Waals surface area contributed by atoms with Crippen LogP contribution in [0.3, 0.4) is 0 Å². The lowest BCUT2D eigenvalue weighted by Crippen LogP contribution is -2.24. The number of nitrogens with one attached hydrogen (secondary N) is 1. The van der Waals surface area contributed by atoms with Crippen LogP contribution in [0.15, 0.2) is 24.3 Å². The molecule has 2 rings (SSSR count). The van der Waals surface area contributed by atoms with Gasteiger partial charge in [0, 0.05) is 19.0 Å². The Kier molecular flexibility index (Phi) is 3.72. The first-order valence-electron chi connectivity index (χ1n) is 5.68. The molecule has 0 spiro atoms. The molecular formula is C13H18ClNO. The molecule has 1 aliphatic rings. The highest BCUT2D eigenvalue weighted by Gasteiger charge is 2.40. The van der Waals surface area contributed by atoms with Crippen LogP contribution in [0.2, 0.25) is 0 Å². The van der Waals surface area contributed by atoms with Crippen molar-refractivity contribution >= 4 is 11.6 Å². The molecule has 1 aromatic carbocycles. The molecular weight excluding hydrogens is 222 g/mol. The monoisotopic (exact) mass is 239 g/mol. The van der Waals surface area contributed by atoms with Gasteiger partial charge < -0.3 is 10.1 Å². The molecule has 0 aliphatic heterocycles. The summed E-state index contributed by atoms with van der Waals surface area (Å²) in [5.74, 6) is 1.69. The predicted octanol–water partition coefficient (Wildman–Crippen LogP) is 2.80. The molecule has 88 valence electrons. The molecule has 1 fully saturated rings. The Labute approximate surface area is 102 Å². The van der Waals surface area contributed by atoms with Gasteiger partial charge in [-0.1, -0.05) is 12.1 Å². The van der Waals surface area contributed by atoms with Crippen LogP contribution in [0, 0.1) is 5.41 Å². The van der Waals surface area contributed by atoms with Crippen molar-refractivity contribution in [2.24, 2.45) is 5.41 Å². The Hall–Kier alpha value is -0.730. The zero-order chi connectivity index (χ0) is 11.4. The molecule has 2 nitrogen and oxygen atoms in total. The number of ether oxygens (including phenoxy) is 1. The summed E-state index contributed by atoms with van der Waals surface area (Å²) in [6, 6.07) is 8.15. The average Bonchev–Trinajstić information content (AvgIpc) is 3.10. The van der Waals surface area contributed by atoms with E-state index in [0.29, 0.717) is 5.41 Å². The summed E-state index contributed by atoms with van der Waals surface area (Å²) in [5.41, 5.74) is 1.64. The standard InChI is InChI=1S/C13H18ClNO/c1-16-12-4-2-3-11(7-12)8-15-10-13(9-14)5-6-13/h2-4,7,15H,5-6,8-10H2,1H3. The Balaban J connectivity index is 1.80. The Morgan fingerprint density at radius 3 is 2.88 bits per heavy atom. The van der Waals surface area contributed by atoms with Crippen LogP contribution < -0.4 is 10.1 Å². The second kappa shape index (κ2) is 5.07. The molecule has 1 saturated carbocycles. The van der Waals surface area contributed by atoms with Gasteiger partial charge in [0.05, 0.1) is 7.11 Å². The third-order valence-corrected chi connectivity index (χ3v) is 3.77. The molecule has 0 atom stereocenters. The molecule has 1 N–H and O–H groups in total. The van der Waals surface area contributed by atoms with Crippen molar-refractivity contribution in [2.75, 3.05) is 19.5 Å². The van der Waals surface area contributed by atoms with E-state index in [2.05, 4.69) is 17.4 Å². The Morgan fingerprint density at radius 1 is 1.44 bits per heavy atom. The van der Waals surface area contributed by atoms with Gasteiger partial charge in [-0.25, -0.2) is 0 Å². The van der Waals surface area contributed by atoms with Crippen molar-refractivity contribution < 1.29 is 4.74 Å². The molecule has 1 aliphatic carbocycles. The second-order valence-electron chi connectivity index (χ2n) is 4.59. The first-order valence-corrected chi connectivity index (χ1v) is 6.21. The summed E-state index contributed by atoms with van der Waals surface area (Å²) < 4.78 is 5.19.